The van der Waals surface area contributed by atoms with Crippen molar-refractivity contribution in [1.82, 2.24) is 15.1 Å². The van der Waals surface area contributed by atoms with Crippen LogP contribution in [0.1, 0.15) is 35.7 Å². The molecule has 0 bridgehead atoms. The zero-order valence-corrected chi connectivity index (χ0v) is 12.7. The van der Waals surface area contributed by atoms with E-state index in [1.165, 1.54) is 0 Å². The summed E-state index contributed by atoms with van der Waals surface area (Å²) in [5.74, 6) is 0.848. The number of ether oxygens (including phenoxy) is 1. The van der Waals surface area contributed by atoms with E-state index in [1.54, 1.807) is 6.20 Å². The molecular formula is C17H20N4O. The Hall–Kier alpha value is -2.32. The first kappa shape index (κ1) is 14.6. The van der Waals surface area contributed by atoms with Gasteiger partial charge in [0, 0.05) is 5.56 Å². The molecule has 5 nitrogen and oxygen atoms in total. The van der Waals surface area contributed by atoms with E-state index in [0.717, 1.165) is 42.8 Å². The second-order valence-electron chi connectivity index (χ2n) is 5.61. The fourth-order valence-corrected chi connectivity index (χ4v) is 2.83. The molecule has 5 heteroatoms. The largest absolute Gasteiger partial charge is 0.488 e. The van der Waals surface area contributed by atoms with Crippen molar-refractivity contribution in [1.29, 1.82) is 5.26 Å². The van der Waals surface area contributed by atoms with Crippen LogP contribution in [0.5, 0.6) is 5.75 Å². The summed E-state index contributed by atoms with van der Waals surface area (Å²) in [5.41, 5.74) is 2.57. The molecule has 1 saturated heterocycles. The Morgan fingerprint density at radius 1 is 1.36 bits per heavy atom. The number of hydrogen-bond donors (Lipinski definition) is 1. The van der Waals surface area contributed by atoms with Gasteiger partial charge in [-0.3, -0.25) is 4.68 Å². The number of aromatic nitrogens is 2. The quantitative estimate of drug-likeness (QED) is 0.942. The van der Waals surface area contributed by atoms with Gasteiger partial charge in [-0.1, -0.05) is 18.2 Å². The highest BCUT2D eigenvalue weighted by molar-refractivity contribution is 5.34. The van der Waals surface area contributed by atoms with Gasteiger partial charge in [-0.05, 0) is 44.5 Å². The van der Waals surface area contributed by atoms with E-state index in [0.29, 0.717) is 18.3 Å². The summed E-state index contributed by atoms with van der Waals surface area (Å²) in [6, 6.07) is 10.5. The maximum Gasteiger partial charge on any atom is 0.145 e. The van der Waals surface area contributed by atoms with Crippen LogP contribution in [-0.2, 0) is 6.61 Å². The third-order valence-electron chi connectivity index (χ3n) is 4.11. The van der Waals surface area contributed by atoms with E-state index in [-0.39, 0.29) is 0 Å². The first-order valence-corrected chi connectivity index (χ1v) is 7.65. The van der Waals surface area contributed by atoms with E-state index in [2.05, 4.69) is 16.5 Å². The van der Waals surface area contributed by atoms with Crippen molar-refractivity contribution in [2.45, 2.75) is 32.4 Å². The number of nitrogens with one attached hydrogen (secondary N) is 1. The first-order chi connectivity index (χ1) is 10.8. The highest BCUT2D eigenvalue weighted by Gasteiger charge is 2.21. The van der Waals surface area contributed by atoms with Crippen molar-refractivity contribution in [3.05, 3.63) is 47.3 Å². The molecule has 22 heavy (non-hydrogen) atoms. The Morgan fingerprint density at radius 2 is 2.14 bits per heavy atom. The second kappa shape index (κ2) is 6.63. The third-order valence-corrected chi connectivity index (χ3v) is 4.11. The summed E-state index contributed by atoms with van der Waals surface area (Å²) >= 11 is 0. The smallest absolute Gasteiger partial charge is 0.145 e. The lowest BCUT2D eigenvalue weighted by atomic mass is 10.1. The topological polar surface area (TPSA) is 62.9 Å². The van der Waals surface area contributed by atoms with Crippen LogP contribution < -0.4 is 10.1 Å². The molecule has 1 fully saturated rings. The molecule has 1 aromatic carbocycles. The minimum absolute atomic E-state index is 0.308. The van der Waals surface area contributed by atoms with Gasteiger partial charge in [-0.2, -0.15) is 10.4 Å². The maximum atomic E-state index is 9.49. The molecular weight excluding hydrogens is 276 g/mol. The minimum atomic E-state index is 0.308. The van der Waals surface area contributed by atoms with Crippen molar-refractivity contribution in [2.24, 2.45) is 0 Å². The number of nitrogens with zero attached hydrogens (tertiary/aromatic N) is 3. The van der Waals surface area contributed by atoms with Crippen LogP contribution in [0.4, 0.5) is 0 Å². The number of benzene rings is 1. The number of aryl methyl sites for hydroxylation is 1. The SMILES string of the molecule is Cc1ccccc1OCc1cnn(C2CCNCC2)c1C#N. The average Bonchev–Trinajstić information content (AvgIpc) is 2.98. The van der Waals surface area contributed by atoms with Crippen LogP contribution >= 0.6 is 0 Å². The zero-order valence-electron chi connectivity index (χ0n) is 12.7. The molecule has 2 aromatic rings. The second-order valence-corrected chi connectivity index (χ2v) is 5.61. The molecule has 0 spiro atoms. The number of rotatable bonds is 4. The predicted molar refractivity (Wildman–Crippen MR) is 83.6 cm³/mol. The summed E-state index contributed by atoms with van der Waals surface area (Å²) in [7, 11) is 0. The lowest BCUT2D eigenvalue weighted by Gasteiger charge is -2.23. The summed E-state index contributed by atoms with van der Waals surface area (Å²) in [5, 5.41) is 17.3. The molecule has 3 rings (SSSR count). The fraction of sp³-hybridized carbons (Fsp3) is 0.412. The van der Waals surface area contributed by atoms with Gasteiger partial charge in [0.25, 0.3) is 0 Å². The number of nitriles is 1. The molecule has 0 aliphatic carbocycles. The Labute approximate surface area is 130 Å². The van der Waals surface area contributed by atoms with Crippen LogP contribution in [-0.4, -0.2) is 22.9 Å². The molecule has 1 aliphatic heterocycles. The Kier molecular flexibility index (Phi) is 4.40. The van der Waals surface area contributed by atoms with Gasteiger partial charge in [-0.15, -0.1) is 0 Å². The van der Waals surface area contributed by atoms with E-state index in [9.17, 15) is 5.26 Å². The minimum Gasteiger partial charge on any atom is -0.488 e. The van der Waals surface area contributed by atoms with E-state index >= 15 is 0 Å². The standard InChI is InChI=1S/C17H20N4O/c1-13-4-2-3-5-17(13)22-12-14-11-20-21(16(14)10-18)15-6-8-19-9-7-15/h2-5,11,15,19H,6-9,12H2,1H3. The first-order valence-electron chi connectivity index (χ1n) is 7.65. The van der Waals surface area contributed by atoms with Crippen molar-refractivity contribution in [3.8, 4) is 11.8 Å². The van der Waals surface area contributed by atoms with Crippen molar-refractivity contribution in [3.63, 3.8) is 0 Å². The summed E-state index contributed by atoms with van der Waals surface area (Å²) in [6.07, 6.45) is 3.78. The van der Waals surface area contributed by atoms with Crippen molar-refractivity contribution >= 4 is 0 Å². The van der Waals surface area contributed by atoms with Crippen LogP contribution in [0.3, 0.4) is 0 Å². The van der Waals surface area contributed by atoms with Crippen LogP contribution in [0, 0.1) is 18.3 Å². The Balaban J connectivity index is 1.76. The van der Waals surface area contributed by atoms with Crippen LogP contribution in [0.25, 0.3) is 0 Å². The molecule has 1 aliphatic rings. The van der Waals surface area contributed by atoms with Gasteiger partial charge in [0.2, 0.25) is 0 Å². The average molecular weight is 296 g/mol. The van der Waals surface area contributed by atoms with Gasteiger partial charge in [0.1, 0.15) is 24.1 Å². The number of piperidine rings is 1. The summed E-state index contributed by atoms with van der Waals surface area (Å²) in [4.78, 5) is 0. The normalized spacial score (nSPS) is 15.5. The number of hydrogen-bond acceptors (Lipinski definition) is 4. The number of para-hydroxylation sites is 1. The predicted octanol–water partition coefficient (Wildman–Crippen LogP) is 2.57. The van der Waals surface area contributed by atoms with Gasteiger partial charge in [0.15, 0.2) is 0 Å². The summed E-state index contributed by atoms with van der Waals surface area (Å²) < 4.78 is 7.72. The van der Waals surface area contributed by atoms with E-state index < -0.39 is 0 Å². The lowest BCUT2D eigenvalue weighted by Crippen LogP contribution is -2.30. The third kappa shape index (κ3) is 2.97. The monoisotopic (exact) mass is 296 g/mol. The Bertz CT molecular complexity index is 680. The molecule has 1 N–H and O–H groups in total. The molecule has 1 aromatic heterocycles. The van der Waals surface area contributed by atoms with Crippen LogP contribution in [0.15, 0.2) is 30.5 Å². The molecule has 114 valence electrons. The molecule has 0 saturated carbocycles. The van der Waals surface area contributed by atoms with Gasteiger partial charge >= 0.3 is 0 Å². The molecule has 0 amide bonds. The van der Waals surface area contributed by atoms with Gasteiger partial charge < -0.3 is 10.1 Å². The van der Waals surface area contributed by atoms with Crippen LogP contribution in [0.2, 0.25) is 0 Å². The fourth-order valence-electron chi connectivity index (χ4n) is 2.83. The molecule has 0 atom stereocenters. The van der Waals surface area contributed by atoms with E-state index in [1.807, 2.05) is 35.9 Å². The zero-order chi connectivity index (χ0) is 15.4. The van der Waals surface area contributed by atoms with Gasteiger partial charge in [-0.25, -0.2) is 0 Å². The maximum absolute atomic E-state index is 9.49. The lowest BCUT2D eigenvalue weighted by molar-refractivity contribution is 0.302. The Morgan fingerprint density at radius 3 is 2.86 bits per heavy atom. The molecule has 0 radical (unpaired) electrons. The molecule has 2 heterocycles. The van der Waals surface area contributed by atoms with Gasteiger partial charge in [0.05, 0.1) is 12.2 Å². The highest BCUT2D eigenvalue weighted by atomic mass is 16.5. The van der Waals surface area contributed by atoms with Crippen molar-refractivity contribution in [2.75, 3.05) is 13.1 Å². The summed E-state index contributed by atoms with van der Waals surface area (Å²) in [6.45, 7) is 4.34. The highest BCUT2D eigenvalue weighted by Crippen LogP contribution is 2.23. The van der Waals surface area contributed by atoms with Crippen molar-refractivity contribution < 1.29 is 4.74 Å². The molecule has 0 unspecified atom stereocenters. The van der Waals surface area contributed by atoms with E-state index in [4.69, 9.17) is 4.74 Å².